The number of hydrogen-bond acceptors (Lipinski definition) is 3. The largest absolute Gasteiger partial charge is 0.289 e. The molecule has 3 rings (SSSR count). The molecule has 2 aromatic rings. The first kappa shape index (κ1) is 14.4. The smallest absolute Gasteiger partial charge is 0.244 e. The number of carbonyl (C=O) groups is 2. The molecule has 0 saturated carbocycles. The Bertz CT molecular complexity index is 742. The molecule has 0 radical (unpaired) electrons. The van der Waals surface area contributed by atoms with Gasteiger partial charge in [0.15, 0.2) is 5.78 Å². The van der Waals surface area contributed by atoms with Crippen molar-refractivity contribution in [2.45, 2.75) is 12.8 Å². The van der Waals surface area contributed by atoms with Gasteiger partial charge in [0.2, 0.25) is 5.91 Å². The van der Waals surface area contributed by atoms with Gasteiger partial charge in [0.1, 0.15) is 0 Å². The van der Waals surface area contributed by atoms with E-state index >= 15 is 0 Å². The van der Waals surface area contributed by atoms with E-state index < -0.39 is 0 Å². The number of thiol groups is 1. The van der Waals surface area contributed by atoms with E-state index in [9.17, 15) is 9.59 Å². The van der Waals surface area contributed by atoms with Crippen LogP contribution in [0.5, 0.6) is 0 Å². The van der Waals surface area contributed by atoms with E-state index in [1.165, 1.54) is 4.31 Å². The van der Waals surface area contributed by atoms with Crippen molar-refractivity contribution < 1.29 is 9.59 Å². The fourth-order valence-electron chi connectivity index (χ4n) is 2.51. The topological polar surface area (TPSA) is 37.4 Å². The van der Waals surface area contributed by atoms with Gasteiger partial charge in [0.05, 0.1) is 11.6 Å². The van der Waals surface area contributed by atoms with Crippen LogP contribution in [0.4, 0.5) is 5.69 Å². The third-order valence-electron chi connectivity index (χ3n) is 3.68. The molecule has 1 aliphatic heterocycles. The van der Waals surface area contributed by atoms with E-state index in [4.69, 9.17) is 0 Å². The van der Waals surface area contributed by atoms with Crippen LogP contribution in [0.2, 0.25) is 0 Å². The van der Waals surface area contributed by atoms with Crippen molar-refractivity contribution in [1.82, 2.24) is 0 Å². The zero-order valence-corrected chi connectivity index (χ0v) is 13.7. The van der Waals surface area contributed by atoms with Crippen LogP contribution >= 0.6 is 28.7 Å². The Balaban J connectivity index is 2.11. The van der Waals surface area contributed by atoms with Crippen LogP contribution in [0.3, 0.4) is 0 Å². The minimum atomic E-state index is -0.268. The van der Waals surface area contributed by atoms with Crippen LogP contribution in [0.15, 0.2) is 46.9 Å². The number of halogens is 1. The molecule has 5 heteroatoms. The fourth-order valence-corrected chi connectivity index (χ4v) is 3.17. The minimum Gasteiger partial charge on any atom is -0.289 e. The van der Waals surface area contributed by atoms with Crippen LogP contribution in [0, 0.1) is 0 Å². The maximum absolute atomic E-state index is 12.7. The van der Waals surface area contributed by atoms with Gasteiger partial charge in [-0.25, -0.2) is 0 Å². The first-order valence-electron chi connectivity index (χ1n) is 6.46. The number of benzene rings is 2. The van der Waals surface area contributed by atoms with E-state index in [1.807, 2.05) is 31.2 Å². The predicted molar refractivity (Wildman–Crippen MR) is 88.9 cm³/mol. The highest BCUT2D eigenvalue weighted by Gasteiger charge is 2.35. The van der Waals surface area contributed by atoms with Crippen molar-refractivity contribution in [3.63, 3.8) is 0 Å². The van der Waals surface area contributed by atoms with Crippen LogP contribution in [-0.4, -0.2) is 11.7 Å². The number of rotatable bonds is 2. The van der Waals surface area contributed by atoms with Gasteiger partial charge in [-0.2, -0.15) is 0 Å². The molecule has 0 fully saturated rings. The number of ketones is 1. The average Bonchev–Trinajstić information content (AvgIpc) is 2.72. The second kappa shape index (κ2) is 5.31. The molecule has 3 nitrogen and oxygen atoms in total. The zero-order chi connectivity index (χ0) is 15.1. The van der Waals surface area contributed by atoms with Gasteiger partial charge in [-0.1, -0.05) is 40.9 Å². The number of hydrogen-bond donors (Lipinski definition) is 1. The standard InChI is InChI=1S/C16H12BrNO2S/c1-9-12-3-2-4-13(14(12)18(21)16(9)20)15(19)10-5-7-11(17)8-6-10/h2-9,21H,1H3. The average molecular weight is 362 g/mol. The molecule has 0 saturated heterocycles. The Morgan fingerprint density at radius 2 is 1.86 bits per heavy atom. The van der Waals surface area contributed by atoms with Gasteiger partial charge in [-0.3, -0.25) is 13.9 Å². The second-order valence-electron chi connectivity index (χ2n) is 4.95. The van der Waals surface area contributed by atoms with E-state index in [2.05, 4.69) is 28.7 Å². The Morgan fingerprint density at radius 3 is 2.52 bits per heavy atom. The monoisotopic (exact) mass is 361 g/mol. The molecule has 1 amide bonds. The van der Waals surface area contributed by atoms with Gasteiger partial charge in [0.25, 0.3) is 0 Å². The minimum absolute atomic E-state index is 0.107. The number of anilines is 1. The van der Waals surface area contributed by atoms with E-state index in [-0.39, 0.29) is 17.6 Å². The molecule has 0 aliphatic carbocycles. The number of carbonyl (C=O) groups excluding carboxylic acids is 2. The Labute approximate surface area is 136 Å². The Hall–Kier alpha value is -1.59. The quantitative estimate of drug-likeness (QED) is 0.648. The van der Waals surface area contributed by atoms with E-state index in [0.29, 0.717) is 16.8 Å². The highest BCUT2D eigenvalue weighted by molar-refractivity contribution is 9.10. The molecule has 1 atom stereocenters. The molecule has 1 aliphatic rings. The molecule has 1 unspecified atom stereocenters. The molecule has 0 spiro atoms. The molecular formula is C16H12BrNO2S. The lowest BCUT2D eigenvalue weighted by atomic mass is 9.96. The summed E-state index contributed by atoms with van der Waals surface area (Å²) in [5.74, 6) is -0.486. The lowest BCUT2D eigenvalue weighted by Gasteiger charge is -2.13. The summed E-state index contributed by atoms with van der Waals surface area (Å²) in [6.45, 7) is 1.82. The van der Waals surface area contributed by atoms with E-state index in [0.717, 1.165) is 10.0 Å². The summed E-state index contributed by atoms with van der Waals surface area (Å²) in [5.41, 5.74) is 2.53. The molecule has 0 bridgehead atoms. The Kier molecular flexibility index (Phi) is 3.63. The summed E-state index contributed by atoms with van der Waals surface area (Å²) in [5, 5.41) is 0. The highest BCUT2D eigenvalue weighted by Crippen LogP contribution is 2.41. The fraction of sp³-hybridized carbons (Fsp3) is 0.125. The third-order valence-corrected chi connectivity index (χ3v) is 4.60. The van der Waals surface area contributed by atoms with Crippen molar-refractivity contribution in [1.29, 1.82) is 0 Å². The van der Waals surface area contributed by atoms with E-state index in [1.54, 1.807) is 18.2 Å². The second-order valence-corrected chi connectivity index (χ2v) is 6.27. The van der Waals surface area contributed by atoms with Gasteiger partial charge in [-0.05, 0) is 42.8 Å². The normalized spacial score (nSPS) is 17.0. The molecule has 0 N–H and O–H groups in total. The SMILES string of the molecule is CC1C(=O)N(S)c2c(C(=O)c3ccc(Br)cc3)cccc21. The summed E-state index contributed by atoms with van der Waals surface area (Å²) in [7, 11) is 0. The summed E-state index contributed by atoms with van der Waals surface area (Å²) in [4.78, 5) is 24.7. The number of para-hydroxylation sites is 1. The molecule has 106 valence electrons. The van der Waals surface area contributed by atoms with Crippen molar-refractivity contribution in [2.24, 2.45) is 0 Å². The van der Waals surface area contributed by atoms with Gasteiger partial charge >= 0.3 is 0 Å². The third kappa shape index (κ3) is 2.30. The van der Waals surface area contributed by atoms with Crippen molar-refractivity contribution >= 4 is 46.1 Å². The van der Waals surface area contributed by atoms with Gasteiger partial charge in [0, 0.05) is 15.6 Å². The first-order chi connectivity index (χ1) is 10.0. The lowest BCUT2D eigenvalue weighted by Crippen LogP contribution is -2.18. The van der Waals surface area contributed by atoms with Crippen LogP contribution in [0.25, 0.3) is 0 Å². The summed E-state index contributed by atoms with van der Waals surface area (Å²) in [6.07, 6.45) is 0. The molecule has 2 aromatic carbocycles. The maximum atomic E-state index is 12.7. The molecule has 1 heterocycles. The van der Waals surface area contributed by atoms with Crippen LogP contribution in [0.1, 0.15) is 34.3 Å². The van der Waals surface area contributed by atoms with Crippen molar-refractivity contribution in [3.05, 3.63) is 63.6 Å². The molecular weight excluding hydrogens is 350 g/mol. The summed E-state index contributed by atoms with van der Waals surface area (Å²) >= 11 is 7.59. The van der Waals surface area contributed by atoms with Crippen molar-refractivity contribution in [2.75, 3.05) is 4.31 Å². The molecule has 0 aromatic heterocycles. The predicted octanol–water partition coefficient (Wildman–Crippen LogP) is 3.98. The van der Waals surface area contributed by atoms with Crippen LogP contribution < -0.4 is 4.31 Å². The van der Waals surface area contributed by atoms with Crippen LogP contribution in [-0.2, 0) is 4.79 Å². The number of amides is 1. The Morgan fingerprint density at radius 1 is 1.19 bits per heavy atom. The van der Waals surface area contributed by atoms with Crippen molar-refractivity contribution in [3.8, 4) is 0 Å². The summed E-state index contributed by atoms with van der Waals surface area (Å²) in [6, 6.07) is 12.6. The highest BCUT2D eigenvalue weighted by atomic mass is 79.9. The number of fused-ring (bicyclic) bond motifs is 1. The van der Waals surface area contributed by atoms with Gasteiger partial charge in [-0.15, -0.1) is 0 Å². The summed E-state index contributed by atoms with van der Waals surface area (Å²) < 4.78 is 2.20. The van der Waals surface area contributed by atoms with Gasteiger partial charge < -0.3 is 0 Å². The first-order valence-corrected chi connectivity index (χ1v) is 7.66. The lowest BCUT2D eigenvalue weighted by molar-refractivity contribution is -0.117. The number of nitrogens with zero attached hydrogens (tertiary/aromatic N) is 1. The molecule has 21 heavy (non-hydrogen) atoms. The zero-order valence-electron chi connectivity index (χ0n) is 11.2. The maximum Gasteiger partial charge on any atom is 0.244 e.